The fourth-order valence-electron chi connectivity index (χ4n) is 4.05. The average Bonchev–Trinajstić information content (AvgIpc) is 3.60. The summed E-state index contributed by atoms with van der Waals surface area (Å²) in [7, 11) is 0. The minimum Gasteiger partial charge on any atom is -0.487 e. The largest absolute Gasteiger partial charge is 0.487 e. The SMILES string of the molecule is CC1=CN(c2cccc(OCc3nc(-c4ccc(C(F)(F)F)cc4)sc3CSc3ccc(OCC(=O)O)c(C)c3)c2)NO1. The van der Waals surface area contributed by atoms with Gasteiger partial charge in [0, 0.05) is 27.2 Å². The van der Waals surface area contributed by atoms with E-state index in [-0.39, 0.29) is 6.61 Å². The summed E-state index contributed by atoms with van der Waals surface area (Å²) in [5, 5.41) is 11.2. The highest BCUT2D eigenvalue weighted by atomic mass is 32.2. The number of nitrogens with zero attached hydrogens (tertiary/aromatic N) is 2. The summed E-state index contributed by atoms with van der Waals surface area (Å²) in [5.41, 5.74) is 4.92. The Bertz CT molecular complexity index is 1640. The quantitative estimate of drug-likeness (QED) is 0.163. The number of halogens is 3. The lowest BCUT2D eigenvalue weighted by Gasteiger charge is -2.15. The van der Waals surface area contributed by atoms with Crippen LogP contribution in [0.15, 0.2) is 83.6 Å². The van der Waals surface area contributed by atoms with E-state index in [9.17, 15) is 18.0 Å². The second-order valence-electron chi connectivity index (χ2n) is 9.45. The molecule has 0 atom stereocenters. The lowest BCUT2D eigenvalue weighted by molar-refractivity contribution is -0.139. The number of thiazole rings is 1. The number of aliphatic carboxylic acids is 1. The third-order valence-corrected chi connectivity index (χ3v) is 8.54. The number of alkyl halides is 3. The van der Waals surface area contributed by atoms with Crippen molar-refractivity contribution in [1.82, 2.24) is 10.6 Å². The van der Waals surface area contributed by atoms with Gasteiger partial charge in [-0.25, -0.2) is 14.8 Å². The molecule has 1 aromatic heterocycles. The third kappa shape index (κ3) is 7.80. The maximum absolute atomic E-state index is 13.1. The number of rotatable bonds is 11. The number of ether oxygens (including phenoxy) is 2. The van der Waals surface area contributed by atoms with Gasteiger partial charge >= 0.3 is 12.1 Å². The van der Waals surface area contributed by atoms with Crippen LogP contribution in [0.1, 0.15) is 28.6 Å². The van der Waals surface area contributed by atoms with Crippen molar-refractivity contribution in [2.24, 2.45) is 0 Å². The molecular weight excluding hydrogens is 603 g/mol. The Labute approximate surface area is 253 Å². The van der Waals surface area contributed by atoms with Crippen LogP contribution >= 0.6 is 23.1 Å². The zero-order valence-corrected chi connectivity index (χ0v) is 24.6. The van der Waals surface area contributed by atoms with Crippen molar-refractivity contribution >= 4 is 34.8 Å². The molecule has 0 saturated heterocycles. The molecule has 4 aromatic rings. The summed E-state index contributed by atoms with van der Waals surface area (Å²) in [6.45, 7) is 3.39. The van der Waals surface area contributed by atoms with Crippen molar-refractivity contribution < 1.29 is 37.4 Å². The summed E-state index contributed by atoms with van der Waals surface area (Å²) in [5.74, 6) is 1.29. The van der Waals surface area contributed by atoms with Gasteiger partial charge in [0.15, 0.2) is 6.61 Å². The summed E-state index contributed by atoms with van der Waals surface area (Å²) in [6, 6.07) is 17.9. The Morgan fingerprint density at radius 3 is 2.56 bits per heavy atom. The first-order chi connectivity index (χ1) is 20.5. The van der Waals surface area contributed by atoms with Gasteiger partial charge in [-0.3, -0.25) is 0 Å². The normalized spacial score (nSPS) is 13.0. The zero-order chi connectivity index (χ0) is 30.6. The second-order valence-corrected chi connectivity index (χ2v) is 11.6. The molecule has 2 heterocycles. The van der Waals surface area contributed by atoms with E-state index in [1.165, 1.54) is 23.5 Å². The van der Waals surface area contributed by atoms with E-state index in [4.69, 9.17) is 24.4 Å². The van der Waals surface area contributed by atoms with Gasteiger partial charge in [0.05, 0.1) is 23.1 Å². The van der Waals surface area contributed by atoms with Crippen molar-refractivity contribution in [2.75, 3.05) is 11.6 Å². The minimum atomic E-state index is -4.42. The minimum absolute atomic E-state index is 0.149. The molecule has 0 radical (unpaired) electrons. The summed E-state index contributed by atoms with van der Waals surface area (Å²) < 4.78 is 50.8. The summed E-state index contributed by atoms with van der Waals surface area (Å²) in [4.78, 5) is 22.7. The van der Waals surface area contributed by atoms with Crippen LogP contribution in [0.25, 0.3) is 10.6 Å². The van der Waals surface area contributed by atoms with Gasteiger partial charge in [-0.1, -0.05) is 23.8 Å². The maximum atomic E-state index is 13.1. The molecule has 2 N–H and O–H groups in total. The highest BCUT2D eigenvalue weighted by Crippen LogP contribution is 2.36. The number of allylic oxidation sites excluding steroid dienone is 1. The molecule has 43 heavy (non-hydrogen) atoms. The predicted molar refractivity (Wildman–Crippen MR) is 158 cm³/mol. The van der Waals surface area contributed by atoms with E-state index in [2.05, 4.69) is 5.59 Å². The standard InChI is InChI=1S/C30H26F3N3O5S2/c1-18-12-24(10-11-26(18)40-16-28(37)38)42-17-27-25(34-29(43-27)20-6-8-21(9-7-20)30(31,32)33)15-39-23-5-3-4-22(13-23)36-14-19(2)41-35-36/h3-14,35H,15-17H2,1-2H3,(H,37,38). The number of anilines is 1. The van der Waals surface area contributed by atoms with Gasteiger partial charge in [0.25, 0.3) is 0 Å². The third-order valence-electron chi connectivity index (χ3n) is 6.19. The lowest BCUT2D eigenvalue weighted by Crippen LogP contribution is -2.26. The van der Waals surface area contributed by atoms with E-state index in [1.54, 1.807) is 29.0 Å². The number of benzene rings is 3. The molecule has 0 spiro atoms. The smallest absolute Gasteiger partial charge is 0.416 e. The molecule has 0 saturated carbocycles. The Hall–Kier alpha value is -4.20. The van der Waals surface area contributed by atoms with Crippen molar-refractivity contribution in [1.29, 1.82) is 0 Å². The second kappa shape index (κ2) is 13.0. The van der Waals surface area contributed by atoms with Gasteiger partial charge in [-0.05, 0) is 61.9 Å². The first-order valence-electron chi connectivity index (χ1n) is 12.9. The predicted octanol–water partition coefficient (Wildman–Crippen LogP) is 7.59. The number of nitrogens with one attached hydrogen (secondary N) is 1. The number of hydrogen-bond acceptors (Lipinski definition) is 9. The molecule has 13 heteroatoms. The van der Waals surface area contributed by atoms with E-state index < -0.39 is 24.3 Å². The molecule has 3 aromatic carbocycles. The number of aryl methyl sites for hydroxylation is 1. The maximum Gasteiger partial charge on any atom is 0.416 e. The molecule has 0 bridgehead atoms. The van der Waals surface area contributed by atoms with Gasteiger partial charge in [0.2, 0.25) is 0 Å². The fraction of sp³-hybridized carbons (Fsp3) is 0.200. The summed E-state index contributed by atoms with van der Waals surface area (Å²) in [6.07, 6.45) is -2.62. The zero-order valence-electron chi connectivity index (χ0n) is 23.0. The van der Waals surface area contributed by atoms with Crippen LogP contribution in [0.5, 0.6) is 11.5 Å². The molecule has 8 nitrogen and oxygen atoms in total. The summed E-state index contributed by atoms with van der Waals surface area (Å²) >= 11 is 2.95. The van der Waals surface area contributed by atoms with Crippen LogP contribution < -0.4 is 20.1 Å². The first-order valence-corrected chi connectivity index (χ1v) is 14.7. The lowest BCUT2D eigenvalue weighted by atomic mass is 10.1. The van der Waals surface area contributed by atoms with Crippen LogP contribution in [-0.2, 0) is 28.2 Å². The van der Waals surface area contributed by atoms with Crippen LogP contribution in [0.4, 0.5) is 18.9 Å². The topological polar surface area (TPSA) is 93.2 Å². The Morgan fingerprint density at radius 1 is 1.09 bits per heavy atom. The number of hydrazine groups is 1. The van der Waals surface area contributed by atoms with Gasteiger partial charge in [-0.2, -0.15) is 13.2 Å². The van der Waals surface area contributed by atoms with Crippen LogP contribution in [0, 0.1) is 6.92 Å². The number of carboxylic acids is 1. The van der Waals surface area contributed by atoms with Crippen molar-refractivity contribution in [3.05, 3.63) is 100 Å². The molecule has 1 aliphatic rings. The van der Waals surface area contributed by atoms with Crippen molar-refractivity contribution in [2.45, 2.75) is 37.3 Å². The molecular formula is C30H26F3N3O5S2. The first kappa shape index (κ1) is 30.3. The van der Waals surface area contributed by atoms with Gasteiger partial charge in [-0.15, -0.1) is 23.1 Å². The van der Waals surface area contributed by atoms with E-state index in [0.717, 1.165) is 33.2 Å². The number of carbonyl (C=O) groups is 1. The molecule has 5 rings (SSSR count). The van der Waals surface area contributed by atoms with Crippen LogP contribution in [0.3, 0.4) is 0 Å². The number of aromatic nitrogens is 1. The van der Waals surface area contributed by atoms with Gasteiger partial charge < -0.3 is 19.4 Å². The molecule has 0 fully saturated rings. The Kier molecular flexibility index (Phi) is 9.14. The fourth-order valence-corrected chi connectivity index (χ4v) is 6.22. The molecule has 0 amide bonds. The number of thioether (sulfide) groups is 1. The van der Waals surface area contributed by atoms with Crippen molar-refractivity contribution in [3.63, 3.8) is 0 Å². The number of hydrogen-bond donors (Lipinski definition) is 2. The molecule has 1 aliphatic heterocycles. The van der Waals surface area contributed by atoms with Crippen LogP contribution in [0.2, 0.25) is 0 Å². The highest BCUT2D eigenvalue weighted by Gasteiger charge is 2.30. The highest BCUT2D eigenvalue weighted by molar-refractivity contribution is 7.98. The molecule has 0 unspecified atom stereocenters. The van der Waals surface area contributed by atoms with E-state index >= 15 is 0 Å². The monoisotopic (exact) mass is 629 g/mol. The Morgan fingerprint density at radius 2 is 1.88 bits per heavy atom. The van der Waals surface area contributed by atoms with Gasteiger partial charge in [0.1, 0.15) is 28.9 Å². The average molecular weight is 630 g/mol. The molecule has 0 aliphatic carbocycles. The molecule has 224 valence electrons. The van der Waals surface area contributed by atoms with Crippen molar-refractivity contribution in [3.8, 4) is 22.1 Å². The Balaban J connectivity index is 1.35. The van der Waals surface area contributed by atoms with E-state index in [1.807, 2.05) is 50.2 Å². The van der Waals surface area contributed by atoms with E-state index in [0.29, 0.717) is 39.3 Å². The van der Waals surface area contributed by atoms with Crippen LogP contribution in [-0.4, -0.2) is 22.7 Å². The number of carboxylic acid groups (broad SMARTS) is 1.